The zero-order valence-electron chi connectivity index (χ0n) is 16.5. The van der Waals surface area contributed by atoms with E-state index in [-0.39, 0.29) is 10.8 Å². The van der Waals surface area contributed by atoms with E-state index in [9.17, 15) is 13.2 Å². The summed E-state index contributed by atoms with van der Waals surface area (Å²) < 4.78 is 27.7. The lowest BCUT2D eigenvalue weighted by atomic mass is 10.2. The zero-order valence-corrected chi connectivity index (χ0v) is 17.3. The molecule has 1 heterocycles. The lowest BCUT2D eigenvalue weighted by Gasteiger charge is -2.17. The third-order valence-corrected chi connectivity index (χ3v) is 6.61. The molecule has 148 valence electrons. The smallest absolute Gasteiger partial charge is 0.242 e. The van der Waals surface area contributed by atoms with Crippen molar-refractivity contribution in [3.63, 3.8) is 0 Å². The molecule has 3 rings (SSSR count). The maximum atomic E-state index is 12.5. The number of hydrogen-bond donors (Lipinski definition) is 0. The molecule has 0 saturated heterocycles. The number of amides is 1. The molecule has 0 aliphatic heterocycles. The van der Waals surface area contributed by atoms with Crippen LogP contribution in [-0.2, 0) is 28.3 Å². The van der Waals surface area contributed by atoms with Crippen molar-refractivity contribution in [2.24, 2.45) is 7.05 Å². The van der Waals surface area contributed by atoms with Crippen molar-refractivity contribution in [2.75, 3.05) is 26.0 Å². The molecule has 0 N–H and O–H groups in total. The number of fused-ring (bicyclic) bond motifs is 1. The number of carbonyl (C=O) groups excluding carboxylic acids is 1. The van der Waals surface area contributed by atoms with Gasteiger partial charge in [-0.2, -0.15) is 0 Å². The van der Waals surface area contributed by atoms with Gasteiger partial charge in [0.05, 0.1) is 15.9 Å². The predicted octanol–water partition coefficient (Wildman–Crippen LogP) is 2.42. The number of nitrogens with zero attached hydrogens (tertiary/aromatic N) is 4. The summed E-state index contributed by atoms with van der Waals surface area (Å²) >= 11 is 0. The van der Waals surface area contributed by atoms with Crippen LogP contribution in [0.15, 0.2) is 53.4 Å². The minimum absolute atomic E-state index is 0.00543. The van der Waals surface area contributed by atoms with Gasteiger partial charge in [0.15, 0.2) is 0 Å². The Balaban J connectivity index is 1.80. The van der Waals surface area contributed by atoms with Gasteiger partial charge in [0.1, 0.15) is 5.82 Å². The van der Waals surface area contributed by atoms with Gasteiger partial charge in [-0.25, -0.2) is 17.7 Å². The Morgan fingerprint density at radius 1 is 1.07 bits per heavy atom. The Hall–Kier alpha value is -2.71. The van der Waals surface area contributed by atoms with E-state index in [0.717, 1.165) is 17.0 Å². The third kappa shape index (κ3) is 3.79. The van der Waals surface area contributed by atoms with E-state index in [1.54, 1.807) is 30.1 Å². The van der Waals surface area contributed by atoms with Gasteiger partial charge in [0.2, 0.25) is 15.9 Å². The normalized spacial score (nSPS) is 11.9. The second-order valence-corrected chi connectivity index (χ2v) is 8.97. The molecular weight excluding hydrogens is 376 g/mol. The highest BCUT2D eigenvalue weighted by atomic mass is 32.2. The second-order valence-electron chi connectivity index (χ2n) is 6.81. The Kier molecular flexibility index (Phi) is 5.53. The molecule has 0 radical (unpaired) electrons. The first kappa shape index (κ1) is 20.0. The topological polar surface area (TPSA) is 75.5 Å². The lowest BCUT2D eigenvalue weighted by molar-refractivity contribution is -0.118. The molecule has 2 aromatic carbocycles. The monoisotopic (exact) mass is 400 g/mol. The number of benzene rings is 2. The van der Waals surface area contributed by atoms with Crippen LogP contribution in [0.4, 0.5) is 5.69 Å². The highest BCUT2D eigenvalue weighted by molar-refractivity contribution is 7.89. The summed E-state index contributed by atoms with van der Waals surface area (Å²) in [5.74, 6) is 0.735. The van der Waals surface area contributed by atoms with Crippen LogP contribution in [0.1, 0.15) is 12.2 Å². The first-order valence-corrected chi connectivity index (χ1v) is 10.4. The van der Waals surface area contributed by atoms with Crippen molar-refractivity contribution in [3.05, 3.63) is 54.4 Å². The molecule has 0 aliphatic rings. The Labute approximate surface area is 165 Å². The van der Waals surface area contributed by atoms with Crippen molar-refractivity contribution >= 4 is 32.7 Å². The summed E-state index contributed by atoms with van der Waals surface area (Å²) in [4.78, 5) is 18.9. The third-order valence-electron chi connectivity index (χ3n) is 4.80. The quantitative estimate of drug-likeness (QED) is 0.637. The summed E-state index contributed by atoms with van der Waals surface area (Å²) in [6.45, 7) is 0. The van der Waals surface area contributed by atoms with Gasteiger partial charge in [0, 0.05) is 46.7 Å². The van der Waals surface area contributed by atoms with E-state index >= 15 is 0 Å². The fourth-order valence-electron chi connectivity index (χ4n) is 3.01. The van der Waals surface area contributed by atoms with Crippen molar-refractivity contribution in [1.29, 1.82) is 0 Å². The average molecular weight is 401 g/mol. The van der Waals surface area contributed by atoms with Gasteiger partial charge >= 0.3 is 0 Å². The number of rotatable bonds is 6. The van der Waals surface area contributed by atoms with Gasteiger partial charge < -0.3 is 9.47 Å². The van der Waals surface area contributed by atoms with Crippen LogP contribution in [0, 0.1) is 0 Å². The van der Waals surface area contributed by atoms with Crippen LogP contribution in [0.3, 0.4) is 0 Å². The molecule has 0 bridgehead atoms. The number of carbonyl (C=O) groups is 1. The van der Waals surface area contributed by atoms with Crippen molar-refractivity contribution < 1.29 is 13.2 Å². The standard InChI is InChI=1S/C20H24N4O3S/c1-22(2)28(26,27)16-10-11-18-17(14-16)21-19(24(18)4)12-13-20(25)23(3)15-8-6-5-7-9-15/h5-11,14H,12-13H2,1-4H3. The largest absolute Gasteiger partial charge is 0.331 e. The molecule has 0 atom stereocenters. The second kappa shape index (κ2) is 7.73. The first-order chi connectivity index (χ1) is 13.2. The number of sulfonamides is 1. The fourth-order valence-corrected chi connectivity index (χ4v) is 3.93. The highest BCUT2D eigenvalue weighted by Crippen LogP contribution is 2.22. The Morgan fingerprint density at radius 3 is 2.39 bits per heavy atom. The van der Waals surface area contributed by atoms with Crippen LogP contribution in [0.25, 0.3) is 11.0 Å². The Morgan fingerprint density at radius 2 is 1.75 bits per heavy atom. The molecule has 0 aliphatic carbocycles. The molecule has 1 aromatic heterocycles. The molecule has 28 heavy (non-hydrogen) atoms. The molecular formula is C20H24N4O3S. The van der Waals surface area contributed by atoms with E-state index in [1.807, 2.05) is 41.9 Å². The van der Waals surface area contributed by atoms with Crippen molar-refractivity contribution in [3.8, 4) is 0 Å². The molecule has 7 nitrogen and oxygen atoms in total. The van der Waals surface area contributed by atoms with E-state index in [0.29, 0.717) is 18.4 Å². The van der Waals surface area contributed by atoms with Crippen molar-refractivity contribution in [2.45, 2.75) is 17.7 Å². The number of hydrogen-bond acceptors (Lipinski definition) is 4. The molecule has 8 heteroatoms. The van der Waals surface area contributed by atoms with Crippen LogP contribution in [-0.4, -0.2) is 49.3 Å². The van der Waals surface area contributed by atoms with E-state index in [4.69, 9.17) is 0 Å². The van der Waals surface area contributed by atoms with E-state index in [2.05, 4.69) is 4.98 Å². The molecule has 0 saturated carbocycles. The van der Waals surface area contributed by atoms with Crippen molar-refractivity contribution in [1.82, 2.24) is 13.9 Å². The highest BCUT2D eigenvalue weighted by Gasteiger charge is 2.19. The molecule has 0 fully saturated rings. The number of para-hydroxylation sites is 1. The van der Waals surface area contributed by atoms with Gasteiger partial charge in [-0.1, -0.05) is 18.2 Å². The van der Waals surface area contributed by atoms with E-state index in [1.165, 1.54) is 18.4 Å². The summed E-state index contributed by atoms with van der Waals surface area (Å²) in [5.41, 5.74) is 2.27. The van der Waals surface area contributed by atoms with Crippen LogP contribution in [0.5, 0.6) is 0 Å². The molecule has 0 unspecified atom stereocenters. The number of anilines is 1. The van der Waals surface area contributed by atoms with Gasteiger partial charge in [-0.15, -0.1) is 0 Å². The minimum Gasteiger partial charge on any atom is -0.331 e. The molecule has 0 spiro atoms. The average Bonchev–Trinajstić information content (AvgIpc) is 3.01. The summed E-state index contributed by atoms with van der Waals surface area (Å²) in [5, 5.41) is 0. The fraction of sp³-hybridized carbons (Fsp3) is 0.300. The van der Waals surface area contributed by atoms with Gasteiger partial charge in [-0.05, 0) is 30.3 Å². The predicted molar refractivity (Wildman–Crippen MR) is 110 cm³/mol. The molecule has 3 aromatic rings. The summed E-state index contributed by atoms with van der Waals surface area (Å²) in [6.07, 6.45) is 0.780. The van der Waals surface area contributed by atoms with E-state index < -0.39 is 10.0 Å². The summed E-state index contributed by atoms with van der Waals surface area (Å²) in [6, 6.07) is 14.4. The minimum atomic E-state index is -3.52. The SMILES string of the molecule is CN(C(=O)CCc1nc2cc(S(=O)(=O)N(C)C)ccc2n1C)c1ccccc1. The maximum absolute atomic E-state index is 12.5. The molecule has 1 amide bonds. The summed E-state index contributed by atoms with van der Waals surface area (Å²) in [7, 11) is 3.11. The lowest BCUT2D eigenvalue weighted by Crippen LogP contribution is -2.26. The number of imidazole rings is 1. The van der Waals surface area contributed by atoms with Gasteiger partial charge in [0.25, 0.3) is 0 Å². The first-order valence-electron chi connectivity index (χ1n) is 8.91. The van der Waals surface area contributed by atoms with Crippen LogP contribution in [0.2, 0.25) is 0 Å². The maximum Gasteiger partial charge on any atom is 0.242 e. The zero-order chi connectivity index (χ0) is 20.5. The van der Waals surface area contributed by atoms with Gasteiger partial charge in [-0.3, -0.25) is 4.79 Å². The van der Waals surface area contributed by atoms with Crippen LogP contribution >= 0.6 is 0 Å². The Bertz CT molecular complexity index is 1110. The number of aromatic nitrogens is 2. The van der Waals surface area contributed by atoms with Crippen LogP contribution < -0.4 is 4.90 Å². The number of aryl methyl sites for hydroxylation is 2.